The van der Waals surface area contributed by atoms with Gasteiger partial charge in [0.05, 0.1) is 30.1 Å². The Labute approximate surface area is 173 Å². The zero-order valence-electron chi connectivity index (χ0n) is 17.4. The number of aliphatic imine (C=N–C) groups is 1. The van der Waals surface area contributed by atoms with Gasteiger partial charge in [0.1, 0.15) is 5.84 Å². The summed E-state index contributed by atoms with van der Waals surface area (Å²) in [5, 5.41) is 18.9. The van der Waals surface area contributed by atoms with Gasteiger partial charge < -0.3 is 15.7 Å². The fraction of sp³-hybridized carbons (Fsp3) is 0.429. The van der Waals surface area contributed by atoms with E-state index in [1.807, 2.05) is 19.9 Å². The number of aliphatic hydroxyl groups excluding tert-OH is 1. The van der Waals surface area contributed by atoms with Crippen LogP contribution in [0.25, 0.3) is 0 Å². The molecule has 4 N–H and O–H groups in total. The van der Waals surface area contributed by atoms with Gasteiger partial charge in [-0.05, 0) is 51.0 Å². The Morgan fingerprint density at radius 3 is 2.67 bits per heavy atom. The first-order valence-electron chi connectivity index (χ1n) is 9.68. The van der Waals surface area contributed by atoms with Crippen molar-refractivity contribution in [2.75, 3.05) is 18.5 Å². The molecule has 30 heavy (non-hydrogen) atoms. The number of pyridine rings is 1. The van der Waals surface area contributed by atoms with E-state index in [1.165, 1.54) is 13.0 Å². The molecule has 1 aromatic heterocycles. The molecule has 6 nitrogen and oxygen atoms in total. The molecule has 2 aromatic rings. The Balaban J connectivity index is 2.04. The van der Waals surface area contributed by atoms with Crippen molar-refractivity contribution in [1.82, 2.24) is 15.6 Å². The Kier molecular flexibility index (Phi) is 6.05. The number of alkyl halides is 3. The average Bonchev–Trinajstić information content (AvgIpc) is 2.66. The van der Waals surface area contributed by atoms with Crippen LogP contribution in [0, 0.1) is 13.8 Å². The van der Waals surface area contributed by atoms with Gasteiger partial charge in [0.25, 0.3) is 0 Å². The highest BCUT2D eigenvalue weighted by Crippen LogP contribution is 2.35. The van der Waals surface area contributed by atoms with E-state index in [0.29, 0.717) is 17.9 Å². The van der Waals surface area contributed by atoms with Crippen LogP contribution in [0.3, 0.4) is 0 Å². The van der Waals surface area contributed by atoms with Crippen molar-refractivity contribution in [3.8, 4) is 0 Å². The number of hydrogen-bond donors (Lipinski definition) is 4. The summed E-state index contributed by atoms with van der Waals surface area (Å²) in [5.74, 6) is -0.278. The number of fused-ring (bicyclic) bond motifs is 1. The van der Waals surface area contributed by atoms with Crippen LogP contribution in [-0.4, -0.2) is 34.9 Å². The molecule has 0 radical (unpaired) electrons. The predicted molar refractivity (Wildman–Crippen MR) is 110 cm³/mol. The highest BCUT2D eigenvalue weighted by molar-refractivity contribution is 6.05. The molecule has 2 atom stereocenters. The fourth-order valence-electron chi connectivity index (χ4n) is 3.63. The number of amidine groups is 1. The molecule has 162 valence electrons. The number of halogens is 3. The van der Waals surface area contributed by atoms with Crippen molar-refractivity contribution < 1.29 is 18.3 Å². The summed E-state index contributed by atoms with van der Waals surface area (Å²) in [6, 6.07) is 5.51. The van der Waals surface area contributed by atoms with Gasteiger partial charge in [-0.1, -0.05) is 12.1 Å². The van der Waals surface area contributed by atoms with Gasteiger partial charge in [-0.3, -0.25) is 15.3 Å². The monoisotopic (exact) mass is 421 g/mol. The Hall–Kier alpha value is -2.65. The van der Waals surface area contributed by atoms with E-state index >= 15 is 0 Å². The van der Waals surface area contributed by atoms with Gasteiger partial charge in [0, 0.05) is 17.8 Å². The van der Waals surface area contributed by atoms with Crippen molar-refractivity contribution >= 4 is 11.5 Å². The quantitative estimate of drug-likeness (QED) is 0.594. The minimum atomic E-state index is -4.41. The number of aromatic nitrogens is 1. The molecule has 1 aliphatic rings. The zero-order chi connectivity index (χ0) is 22.1. The molecule has 0 saturated carbocycles. The number of hydrogen-bond acceptors (Lipinski definition) is 5. The summed E-state index contributed by atoms with van der Waals surface area (Å²) in [4.78, 5) is 9.06. The van der Waals surface area contributed by atoms with E-state index < -0.39 is 23.6 Å². The van der Waals surface area contributed by atoms with Crippen LogP contribution in [-0.2, 0) is 6.18 Å². The molecule has 0 amide bonds. The molecule has 3 rings (SSSR count). The maximum absolute atomic E-state index is 13.3. The SMILES string of the molecule is Cc1cc2c(cn1)NC(C)(NCCO)NC2=N[C@H](C)c1cccc(C(F)(F)F)c1C. The lowest BCUT2D eigenvalue weighted by molar-refractivity contribution is -0.138. The van der Waals surface area contributed by atoms with Crippen LogP contribution >= 0.6 is 0 Å². The number of rotatable bonds is 5. The molecule has 0 aliphatic carbocycles. The van der Waals surface area contributed by atoms with Gasteiger partial charge in [-0.2, -0.15) is 13.2 Å². The number of anilines is 1. The van der Waals surface area contributed by atoms with Gasteiger partial charge in [0.15, 0.2) is 5.79 Å². The molecular weight excluding hydrogens is 395 g/mol. The van der Waals surface area contributed by atoms with Crippen molar-refractivity contribution in [1.29, 1.82) is 0 Å². The van der Waals surface area contributed by atoms with Gasteiger partial charge in [-0.15, -0.1) is 0 Å². The van der Waals surface area contributed by atoms with E-state index in [1.54, 1.807) is 19.2 Å². The fourth-order valence-corrected chi connectivity index (χ4v) is 3.63. The molecular formula is C21H26F3N5O. The maximum Gasteiger partial charge on any atom is 0.416 e. The van der Waals surface area contributed by atoms with Crippen LogP contribution < -0.4 is 16.0 Å². The van der Waals surface area contributed by atoms with E-state index in [-0.39, 0.29) is 12.2 Å². The van der Waals surface area contributed by atoms with Crippen LogP contribution in [0.5, 0.6) is 0 Å². The largest absolute Gasteiger partial charge is 0.416 e. The summed E-state index contributed by atoms with van der Waals surface area (Å²) in [6.45, 7) is 7.23. The second kappa shape index (κ2) is 8.23. The third-order valence-electron chi connectivity index (χ3n) is 5.09. The van der Waals surface area contributed by atoms with Crippen LogP contribution in [0.1, 0.15) is 47.8 Å². The first-order chi connectivity index (χ1) is 14.0. The normalized spacial score (nSPS) is 21.0. The number of nitrogens with one attached hydrogen (secondary N) is 3. The van der Waals surface area contributed by atoms with Crippen LogP contribution in [0.4, 0.5) is 18.9 Å². The van der Waals surface area contributed by atoms with Crippen molar-refractivity contribution in [2.45, 2.75) is 45.7 Å². The number of aliphatic hydroxyl groups is 1. The summed E-state index contributed by atoms with van der Waals surface area (Å²) < 4.78 is 40.0. The van der Waals surface area contributed by atoms with Gasteiger partial charge in [-0.25, -0.2) is 0 Å². The highest BCUT2D eigenvalue weighted by Gasteiger charge is 2.34. The van der Waals surface area contributed by atoms with Gasteiger partial charge in [0.2, 0.25) is 0 Å². The average molecular weight is 421 g/mol. The summed E-state index contributed by atoms with van der Waals surface area (Å²) >= 11 is 0. The van der Waals surface area contributed by atoms with Crippen molar-refractivity contribution in [3.63, 3.8) is 0 Å². The van der Waals surface area contributed by atoms with E-state index in [0.717, 1.165) is 23.0 Å². The first kappa shape index (κ1) is 22.0. The Morgan fingerprint density at radius 2 is 2.00 bits per heavy atom. The van der Waals surface area contributed by atoms with E-state index in [9.17, 15) is 18.3 Å². The number of aryl methyl sites for hydroxylation is 1. The number of nitrogens with zero attached hydrogens (tertiary/aromatic N) is 2. The molecule has 0 fully saturated rings. The lowest BCUT2D eigenvalue weighted by Gasteiger charge is -2.40. The first-order valence-corrected chi connectivity index (χ1v) is 9.68. The maximum atomic E-state index is 13.3. The molecule has 1 aliphatic heterocycles. The summed E-state index contributed by atoms with van der Waals surface area (Å²) in [6.07, 6.45) is -2.72. The smallest absolute Gasteiger partial charge is 0.395 e. The Morgan fingerprint density at radius 1 is 1.27 bits per heavy atom. The topological polar surface area (TPSA) is 81.6 Å². The molecule has 0 spiro atoms. The zero-order valence-corrected chi connectivity index (χ0v) is 17.4. The lowest BCUT2D eigenvalue weighted by Crippen LogP contribution is -2.65. The second-order valence-corrected chi connectivity index (χ2v) is 7.57. The third kappa shape index (κ3) is 4.57. The summed E-state index contributed by atoms with van der Waals surface area (Å²) in [7, 11) is 0. The molecule has 9 heteroatoms. The molecule has 0 bridgehead atoms. The van der Waals surface area contributed by atoms with Crippen molar-refractivity contribution in [3.05, 3.63) is 58.4 Å². The lowest BCUT2D eigenvalue weighted by atomic mass is 9.97. The molecule has 1 unspecified atom stereocenters. The molecule has 2 heterocycles. The van der Waals surface area contributed by atoms with Gasteiger partial charge >= 0.3 is 6.18 Å². The minimum Gasteiger partial charge on any atom is -0.395 e. The van der Waals surface area contributed by atoms with E-state index in [4.69, 9.17) is 4.99 Å². The molecule has 0 saturated heterocycles. The Bertz CT molecular complexity index is 960. The van der Waals surface area contributed by atoms with Crippen LogP contribution in [0.15, 0.2) is 35.5 Å². The summed E-state index contributed by atoms with van der Waals surface area (Å²) in [5.41, 5.74) is 2.33. The molecule has 1 aromatic carbocycles. The standard InChI is InChI=1S/C21H26F3N5O/c1-12-10-16-18(11-25-12)28-20(4,26-8-9-30)29-19(16)27-14(3)15-6-5-7-17(13(15)2)21(22,23)24/h5-7,10-11,14,26,28,30H,8-9H2,1-4H3,(H,27,29)/t14-,20?/m1/s1. The number of benzene rings is 1. The van der Waals surface area contributed by atoms with Crippen molar-refractivity contribution in [2.24, 2.45) is 4.99 Å². The highest BCUT2D eigenvalue weighted by atomic mass is 19.4. The third-order valence-corrected chi connectivity index (χ3v) is 5.09. The second-order valence-electron chi connectivity index (χ2n) is 7.57. The van der Waals surface area contributed by atoms with E-state index in [2.05, 4.69) is 20.9 Å². The van der Waals surface area contributed by atoms with Crippen LogP contribution in [0.2, 0.25) is 0 Å². The predicted octanol–water partition coefficient (Wildman–Crippen LogP) is 3.50. The minimum absolute atomic E-state index is 0.0513.